The van der Waals surface area contributed by atoms with Gasteiger partial charge in [-0.15, -0.1) is 54.1 Å². The number of furan rings is 1. The van der Waals surface area contributed by atoms with Gasteiger partial charge in [-0.25, -0.2) is 0 Å². The zero-order chi connectivity index (χ0) is 35.0. The summed E-state index contributed by atoms with van der Waals surface area (Å²) in [6.07, 6.45) is 1.79. The molecule has 6 heteroatoms. The summed E-state index contributed by atoms with van der Waals surface area (Å²) in [6, 6.07) is 52.7. The number of benzene rings is 5. The zero-order valence-corrected chi connectivity index (χ0v) is 30.8. The first-order chi connectivity index (χ1) is 24.8. The first-order valence-corrected chi connectivity index (χ1v) is 16.6. The van der Waals surface area contributed by atoms with Crippen LogP contribution in [0.3, 0.4) is 0 Å². The molecular formula is C45H34IrN4O-2. The Bertz CT molecular complexity index is 2580. The smallest absolute Gasteiger partial charge is 0.121 e. The number of hydrogen-bond acceptors (Lipinski definition) is 4. The largest absolute Gasteiger partial charge is 0.501 e. The van der Waals surface area contributed by atoms with Crippen LogP contribution in [0.1, 0.15) is 32.4 Å². The number of nitrogens with zero attached hydrogens (tertiary/aromatic N) is 4. The Morgan fingerprint density at radius 1 is 0.725 bits per heavy atom. The second-order valence-electron chi connectivity index (χ2n) is 12.3. The molecule has 0 unspecified atom stereocenters. The maximum absolute atomic E-state index is 8.48. The van der Waals surface area contributed by atoms with Crippen molar-refractivity contribution in [3.05, 3.63) is 169 Å². The number of rotatable bonds is 5. The quantitative estimate of drug-likeness (QED) is 0.162. The second-order valence-corrected chi connectivity index (χ2v) is 12.3. The molecule has 0 aliphatic heterocycles. The molecule has 0 aliphatic rings. The topological polar surface area (TPSA) is 56.7 Å². The number of aromatic nitrogens is 4. The van der Waals surface area contributed by atoms with E-state index in [1.54, 1.807) is 6.20 Å². The van der Waals surface area contributed by atoms with Crippen molar-refractivity contribution in [2.45, 2.75) is 26.7 Å². The van der Waals surface area contributed by atoms with Crippen LogP contribution in [-0.4, -0.2) is 19.5 Å². The van der Waals surface area contributed by atoms with Crippen molar-refractivity contribution >= 4 is 33.0 Å². The van der Waals surface area contributed by atoms with Gasteiger partial charge in [-0.1, -0.05) is 97.6 Å². The summed E-state index contributed by atoms with van der Waals surface area (Å²) in [7, 11) is 0. The average molecular weight is 840 g/mol. The van der Waals surface area contributed by atoms with Crippen molar-refractivity contribution in [2.75, 3.05) is 0 Å². The molecule has 0 fully saturated rings. The van der Waals surface area contributed by atoms with E-state index in [2.05, 4.69) is 58.1 Å². The Balaban J connectivity index is 0.000000275. The molecule has 251 valence electrons. The molecule has 0 spiro atoms. The number of pyridine rings is 2. The number of aryl methyl sites for hydroxylation is 1. The summed E-state index contributed by atoms with van der Waals surface area (Å²) >= 11 is 0. The molecule has 9 aromatic rings. The standard InChI is InChI=1S/C34H26N3O.C11H8N.Ir/c1-21(2)24-17-18-26-27-15-10-16-28(33(27)38-31(26)19-24)34-36-30-20-29(23-11-6-4-7-12-23)35-22(3)32(30)37(34)25-13-8-5-9-14-25;1-2-6-10(7-3-1)11-8-4-5-9-12-11;/h4-15,17-21H,1-3H3;1-6,8-9H;/q2*-1;/i21D;;. The van der Waals surface area contributed by atoms with Gasteiger partial charge in [-0.2, -0.15) is 0 Å². The van der Waals surface area contributed by atoms with Crippen molar-refractivity contribution in [1.29, 1.82) is 0 Å². The van der Waals surface area contributed by atoms with E-state index in [0.717, 1.165) is 83.8 Å². The predicted octanol–water partition coefficient (Wildman–Crippen LogP) is 11.4. The molecule has 0 amide bonds. The van der Waals surface area contributed by atoms with Crippen LogP contribution in [0.15, 0.2) is 150 Å². The Morgan fingerprint density at radius 3 is 2.22 bits per heavy atom. The van der Waals surface area contributed by atoms with Crippen molar-refractivity contribution < 1.29 is 25.9 Å². The summed E-state index contributed by atoms with van der Waals surface area (Å²) in [5.74, 6) is 0.0294. The van der Waals surface area contributed by atoms with Gasteiger partial charge in [-0.05, 0) is 54.4 Å². The van der Waals surface area contributed by atoms with Gasteiger partial charge in [0.15, 0.2) is 0 Å². The number of imidazole rings is 1. The van der Waals surface area contributed by atoms with Gasteiger partial charge in [-0.3, -0.25) is 9.97 Å². The maximum atomic E-state index is 8.48. The van der Waals surface area contributed by atoms with Crippen molar-refractivity contribution in [3.63, 3.8) is 0 Å². The van der Waals surface area contributed by atoms with Gasteiger partial charge in [0.2, 0.25) is 0 Å². The van der Waals surface area contributed by atoms with Crippen LogP contribution in [-0.2, 0) is 20.1 Å². The summed E-state index contributed by atoms with van der Waals surface area (Å²) < 4.78 is 17.1. The van der Waals surface area contributed by atoms with E-state index in [1.165, 1.54) is 0 Å². The molecule has 0 aliphatic carbocycles. The van der Waals surface area contributed by atoms with Crippen LogP contribution in [0.4, 0.5) is 0 Å². The SMILES string of the molecule is [2H]C(C)(C)c1ccc2c(c1)oc1c(-c3nc4cc(-c5ccccc5)nc(C)c4n3-c3ccccc3)[c-]ccc12.[Ir].[c-]1ccccc1-c1ccccn1. The molecule has 0 N–H and O–H groups in total. The number of hydrogen-bond donors (Lipinski definition) is 0. The van der Waals surface area contributed by atoms with E-state index in [-0.39, 0.29) is 20.1 Å². The molecule has 5 nitrogen and oxygen atoms in total. The van der Waals surface area contributed by atoms with Crippen LogP contribution < -0.4 is 0 Å². The van der Waals surface area contributed by atoms with Crippen LogP contribution >= 0.6 is 0 Å². The van der Waals surface area contributed by atoms with E-state index in [1.807, 2.05) is 124 Å². The van der Waals surface area contributed by atoms with Crippen molar-refractivity contribution in [1.82, 2.24) is 19.5 Å². The maximum Gasteiger partial charge on any atom is 0.121 e. The van der Waals surface area contributed by atoms with Crippen LogP contribution in [0.2, 0.25) is 0 Å². The normalized spacial score (nSPS) is 11.5. The molecule has 51 heavy (non-hydrogen) atoms. The number of para-hydroxylation sites is 1. The minimum absolute atomic E-state index is 0. The molecule has 0 atom stereocenters. The third-order valence-corrected chi connectivity index (χ3v) is 8.78. The monoisotopic (exact) mass is 840 g/mol. The first kappa shape index (κ1) is 32.5. The fourth-order valence-electron chi connectivity index (χ4n) is 6.33. The molecule has 4 heterocycles. The van der Waals surface area contributed by atoms with Gasteiger partial charge < -0.3 is 14.0 Å². The predicted molar refractivity (Wildman–Crippen MR) is 203 cm³/mol. The molecule has 1 radical (unpaired) electrons. The zero-order valence-electron chi connectivity index (χ0n) is 29.4. The minimum Gasteiger partial charge on any atom is -0.501 e. The van der Waals surface area contributed by atoms with E-state index in [9.17, 15) is 0 Å². The van der Waals surface area contributed by atoms with Gasteiger partial charge in [0.25, 0.3) is 0 Å². The van der Waals surface area contributed by atoms with Gasteiger partial charge >= 0.3 is 0 Å². The second kappa shape index (κ2) is 14.7. The van der Waals surface area contributed by atoms with Crippen LogP contribution in [0.25, 0.3) is 72.6 Å². The minimum atomic E-state index is -0.718. The fraction of sp³-hybridized carbons (Fsp3) is 0.0889. The summed E-state index contributed by atoms with van der Waals surface area (Å²) in [4.78, 5) is 14.4. The van der Waals surface area contributed by atoms with E-state index in [0.29, 0.717) is 0 Å². The van der Waals surface area contributed by atoms with E-state index in [4.69, 9.17) is 15.8 Å². The molecule has 4 aromatic heterocycles. The van der Waals surface area contributed by atoms with E-state index >= 15 is 0 Å². The molecule has 5 aromatic carbocycles. The van der Waals surface area contributed by atoms with Gasteiger partial charge in [0.1, 0.15) is 5.58 Å². The first-order valence-electron chi connectivity index (χ1n) is 17.1. The molecular weight excluding hydrogens is 805 g/mol. The summed E-state index contributed by atoms with van der Waals surface area (Å²) in [5.41, 5.74) is 10.8. The Labute approximate surface area is 312 Å². The Morgan fingerprint density at radius 2 is 1.49 bits per heavy atom. The summed E-state index contributed by atoms with van der Waals surface area (Å²) in [5, 5.41) is 2.01. The van der Waals surface area contributed by atoms with Crippen LogP contribution in [0, 0.1) is 19.1 Å². The summed E-state index contributed by atoms with van der Waals surface area (Å²) in [6.45, 7) is 5.81. The van der Waals surface area contributed by atoms with Gasteiger partial charge in [0, 0.05) is 44.3 Å². The Kier molecular flexibility index (Phi) is 9.35. The van der Waals surface area contributed by atoms with Crippen molar-refractivity contribution in [3.8, 4) is 39.6 Å². The number of fused-ring (bicyclic) bond motifs is 4. The third kappa shape index (κ3) is 6.64. The molecule has 0 saturated carbocycles. The molecule has 0 saturated heterocycles. The van der Waals surface area contributed by atoms with E-state index < -0.39 is 5.89 Å². The average Bonchev–Trinajstić information content (AvgIpc) is 3.75. The Hall–Kier alpha value is -5.68. The third-order valence-electron chi connectivity index (χ3n) is 8.78. The van der Waals surface area contributed by atoms with Crippen molar-refractivity contribution in [2.24, 2.45) is 0 Å². The molecule has 0 bridgehead atoms. The fourth-order valence-corrected chi connectivity index (χ4v) is 6.33. The van der Waals surface area contributed by atoms with Gasteiger partial charge in [0.05, 0.1) is 33.8 Å². The van der Waals surface area contributed by atoms with Crippen LogP contribution in [0.5, 0.6) is 0 Å². The molecule has 9 rings (SSSR count).